The summed E-state index contributed by atoms with van der Waals surface area (Å²) in [5.41, 5.74) is 10.1. The van der Waals surface area contributed by atoms with E-state index in [-0.39, 0.29) is 5.91 Å². The Morgan fingerprint density at radius 2 is 1.89 bits per heavy atom. The molecule has 0 aliphatic heterocycles. The zero-order chi connectivity index (χ0) is 20.3. The molecule has 1 aromatic carbocycles. The standard InChI is InChI=1S/C22H19ClN4O/c1-14-17(7-4-15-5-9-21(24)26-13-15)18(10-11-25-14)16-6-8-20(23)19(12-16)22(28)27(2)3/h5-6,8-13H,1-3H3,(H2,24,26). The molecule has 0 saturated heterocycles. The van der Waals surface area contributed by atoms with Gasteiger partial charge in [0.2, 0.25) is 0 Å². The smallest absolute Gasteiger partial charge is 0.254 e. The van der Waals surface area contributed by atoms with Crippen molar-refractivity contribution < 1.29 is 4.79 Å². The van der Waals surface area contributed by atoms with E-state index in [1.165, 1.54) is 4.90 Å². The number of amides is 1. The molecule has 2 heterocycles. The monoisotopic (exact) mass is 390 g/mol. The molecule has 0 fully saturated rings. The number of anilines is 1. The van der Waals surface area contributed by atoms with Crippen LogP contribution in [-0.2, 0) is 0 Å². The molecule has 2 N–H and O–H groups in total. The van der Waals surface area contributed by atoms with Crippen molar-refractivity contribution in [2.75, 3.05) is 19.8 Å². The molecular weight excluding hydrogens is 372 g/mol. The summed E-state index contributed by atoms with van der Waals surface area (Å²) < 4.78 is 0. The molecule has 0 aliphatic carbocycles. The number of nitrogens with two attached hydrogens (primary N) is 1. The average Bonchev–Trinajstić information content (AvgIpc) is 2.68. The van der Waals surface area contributed by atoms with Crippen LogP contribution in [0.4, 0.5) is 5.82 Å². The van der Waals surface area contributed by atoms with Crippen molar-refractivity contribution in [1.82, 2.24) is 14.9 Å². The van der Waals surface area contributed by atoms with E-state index in [0.29, 0.717) is 16.4 Å². The van der Waals surface area contributed by atoms with Gasteiger partial charge in [0.1, 0.15) is 5.82 Å². The van der Waals surface area contributed by atoms with Crippen molar-refractivity contribution in [3.05, 3.63) is 76.2 Å². The molecule has 140 valence electrons. The lowest BCUT2D eigenvalue weighted by Crippen LogP contribution is -2.22. The van der Waals surface area contributed by atoms with Gasteiger partial charge in [-0.05, 0) is 42.8 Å². The summed E-state index contributed by atoms with van der Waals surface area (Å²) in [6.07, 6.45) is 3.35. The Morgan fingerprint density at radius 1 is 1.11 bits per heavy atom. The third-order valence-corrected chi connectivity index (χ3v) is 4.50. The summed E-state index contributed by atoms with van der Waals surface area (Å²) >= 11 is 6.24. The van der Waals surface area contributed by atoms with Crippen molar-refractivity contribution in [1.29, 1.82) is 0 Å². The maximum atomic E-state index is 12.4. The summed E-state index contributed by atoms with van der Waals surface area (Å²) in [5, 5.41) is 0.411. The van der Waals surface area contributed by atoms with Gasteiger partial charge in [-0.15, -0.1) is 0 Å². The highest BCUT2D eigenvalue weighted by Crippen LogP contribution is 2.29. The zero-order valence-corrected chi connectivity index (χ0v) is 16.6. The van der Waals surface area contributed by atoms with Gasteiger partial charge >= 0.3 is 0 Å². The van der Waals surface area contributed by atoms with Crippen molar-refractivity contribution >= 4 is 23.3 Å². The molecule has 0 saturated carbocycles. The molecule has 0 aliphatic rings. The van der Waals surface area contributed by atoms with Gasteiger partial charge in [0.05, 0.1) is 21.8 Å². The third-order valence-electron chi connectivity index (χ3n) is 4.17. The number of carbonyl (C=O) groups is 1. The van der Waals surface area contributed by atoms with Crippen LogP contribution in [0.15, 0.2) is 48.8 Å². The number of nitrogen functional groups attached to an aromatic ring is 1. The summed E-state index contributed by atoms with van der Waals surface area (Å²) in [6, 6.07) is 10.8. The molecule has 0 bridgehead atoms. The first-order chi connectivity index (χ1) is 13.4. The van der Waals surface area contributed by atoms with Gasteiger partial charge < -0.3 is 10.6 Å². The van der Waals surface area contributed by atoms with Crippen LogP contribution < -0.4 is 5.73 Å². The third kappa shape index (κ3) is 4.13. The summed E-state index contributed by atoms with van der Waals surface area (Å²) in [5.74, 6) is 6.57. The second-order valence-electron chi connectivity index (χ2n) is 6.43. The number of benzene rings is 1. The second-order valence-corrected chi connectivity index (χ2v) is 6.84. The Kier molecular flexibility index (Phi) is 5.62. The SMILES string of the molecule is Cc1nccc(-c2ccc(Cl)c(C(=O)N(C)C)c2)c1C#Cc1ccc(N)nc1. The molecule has 0 unspecified atom stereocenters. The molecule has 3 rings (SSSR count). The van der Waals surface area contributed by atoms with Crippen LogP contribution in [-0.4, -0.2) is 34.9 Å². The van der Waals surface area contributed by atoms with E-state index in [2.05, 4.69) is 21.8 Å². The first-order valence-corrected chi connectivity index (χ1v) is 8.95. The van der Waals surface area contributed by atoms with Crippen LogP contribution in [0.1, 0.15) is 27.2 Å². The van der Waals surface area contributed by atoms with Crippen molar-refractivity contribution in [2.45, 2.75) is 6.92 Å². The molecule has 3 aromatic rings. The van der Waals surface area contributed by atoms with Crippen LogP contribution in [0.5, 0.6) is 0 Å². The van der Waals surface area contributed by atoms with Crippen LogP contribution in [0.3, 0.4) is 0 Å². The first-order valence-electron chi connectivity index (χ1n) is 8.57. The van der Waals surface area contributed by atoms with Crippen LogP contribution in [0.25, 0.3) is 11.1 Å². The summed E-state index contributed by atoms with van der Waals surface area (Å²) in [4.78, 5) is 22.3. The molecule has 6 heteroatoms. The highest BCUT2D eigenvalue weighted by molar-refractivity contribution is 6.34. The molecule has 1 amide bonds. The Hall–Kier alpha value is -3.36. The molecule has 0 spiro atoms. The van der Waals surface area contributed by atoms with E-state index in [9.17, 15) is 4.79 Å². The van der Waals surface area contributed by atoms with Crippen LogP contribution >= 0.6 is 11.6 Å². The molecule has 28 heavy (non-hydrogen) atoms. The van der Waals surface area contributed by atoms with E-state index < -0.39 is 0 Å². The molecule has 0 radical (unpaired) electrons. The number of rotatable bonds is 2. The molecule has 2 aromatic heterocycles. The van der Waals surface area contributed by atoms with Gasteiger partial charge in [-0.1, -0.05) is 29.5 Å². The molecule has 5 nitrogen and oxygen atoms in total. The number of aryl methyl sites for hydroxylation is 1. The zero-order valence-electron chi connectivity index (χ0n) is 15.8. The fourth-order valence-electron chi connectivity index (χ4n) is 2.68. The Labute approximate surface area is 169 Å². The van der Waals surface area contributed by atoms with Gasteiger partial charge in [-0.3, -0.25) is 9.78 Å². The molecule has 0 atom stereocenters. The Morgan fingerprint density at radius 3 is 2.57 bits per heavy atom. The van der Waals surface area contributed by atoms with Crippen molar-refractivity contribution in [3.63, 3.8) is 0 Å². The number of nitrogens with zero attached hydrogens (tertiary/aromatic N) is 3. The first kappa shape index (κ1) is 19.4. The number of carbonyl (C=O) groups excluding carboxylic acids is 1. The minimum atomic E-state index is -0.154. The fourth-order valence-corrected chi connectivity index (χ4v) is 2.87. The summed E-state index contributed by atoms with van der Waals surface area (Å²) in [7, 11) is 3.39. The number of halogens is 1. The lowest BCUT2D eigenvalue weighted by atomic mass is 9.97. The highest BCUT2D eigenvalue weighted by Gasteiger charge is 2.15. The lowest BCUT2D eigenvalue weighted by Gasteiger charge is -2.14. The van der Waals surface area contributed by atoms with E-state index in [0.717, 1.165) is 27.9 Å². The van der Waals surface area contributed by atoms with Gasteiger partial charge in [0, 0.05) is 37.6 Å². The van der Waals surface area contributed by atoms with E-state index in [1.807, 2.05) is 25.1 Å². The predicted molar refractivity (Wildman–Crippen MR) is 112 cm³/mol. The number of aromatic nitrogens is 2. The van der Waals surface area contributed by atoms with Crippen LogP contribution in [0.2, 0.25) is 5.02 Å². The van der Waals surface area contributed by atoms with E-state index >= 15 is 0 Å². The van der Waals surface area contributed by atoms with Crippen molar-refractivity contribution in [3.8, 4) is 23.0 Å². The second kappa shape index (κ2) is 8.12. The largest absolute Gasteiger partial charge is 0.384 e. The maximum Gasteiger partial charge on any atom is 0.254 e. The number of pyridine rings is 2. The Balaban J connectivity index is 2.10. The van der Waals surface area contributed by atoms with Gasteiger partial charge in [-0.25, -0.2) is 4.98 Å². The van der Waals surface area contributed by atoms with Crippen LogP contribution in [0, 0.1) is 18.8 Å². The number of hydrogen-bond acceptors (Lipinski definition) is 4. The van der Waals surface area contributed by atoms with E-state index in [1.54, 1.807) is 44.7 Å². The Bertz CT molecular complexity index is 1100. The fraction of sp³-hybridized carbons (Fsp3) is 0.136. The van der Waals surface area contributed by atoms with Gasteiger partial charge in [-0.2, -0.15) is 0 Å². The minimum absolute atomic E-state index is 0.154. The molecular formula is C22H19ClN4O. The van der Waals surface area contributed by atoms with E-state index in [4.69, 9.17) is 17.3 Å². The van der Waals surface area contributed by atoms with Crippen molar-refractivity contribution in [2.24, 2.45) is 0 Å². The lowest BCUT2D eigenvalue weighted by molar-refractivity contribution is 0.0828. The quantitative estimate of drug-likeness (QED) is 0.676. The van der Waals surface area contributed by atoms with Gasteiger partial charge in [0.15, 0.2) is 0 Å². The maximum absolute atomic E-state index is 12.4. The summed E-state index contributed by atoms with van der Waals surface area (Å²) in [6.45, 7) is 1.90. The number of hydrogen-bond donors (Lipinski definition) is 1. The average molecular weight is 391 g/mol. The van der Waals surface area contributed by atoms with Gasteiger partial charge in [0.25, 0.3) is 5.91 Å². The normalized spacial score (nSPS) is 10.1. The predicted octanol–water partition coefficient (Wildman–Crippen LogP) is 3.79. The topological polar surface area (TPSA) is 72.1 Å². The minimum Gasteiger partial charge on any atom is -0.384 e. The highest BCUT2D eigenvalue weighted by atomic mass is 35.5.